The van der Waals surface area contributed by atoms with Crippen LogP contribution in [-0.2, 0) is 0 Å². The summed E-state index contributed by atoms with van der Waals surface area (Å²) in [5, 5.41) is 0. The van der Waals surface area contributed by atoms with E-state index in [-0.39, 0.29) is 0 Å². The second-order valence-electron chi connectivity index (χ2n) is 3.61. The highest BCUT2D eigenvalue weighted by Crippen LogP contribution is 2.10. The smallest absolute Gasteiger partial charge is 0.00773 e. The maximum Gasteiger partial charge on any atom is -0.00773 e. The van der Waals surface area contributed by atoms with E-state index in [1.165, 1.54) is 24.0 Å². The van der Waals surface area contributed by atoms with Crippen molar-refractivity contribution in [3.05, 3.63) is 36.0 Å². The standard InChI is InChI=1S/C13H23N/c1-4-9-12(2)13(3)10-7-5-6-8-11-14/h4,9-10H,1,5-8,11,14H2,2-3H3/b12-9-,13-10-. The molecule has 0 aliphatic rings. The van der Waals surface area contributed by atoms with Crippen molar-refractivity contribution in [3.8, 4) is 0 Å². The Morgan fingerprint density at radius 2 is 1.86 bits per heavy atom. The van der Waals surface area contributed by atoms with Gasteiger partial charge in [0.1, 0.15) is 0 Å². The van der Waals surface area contributed by atoms with Gasteiger partial charge >= 0.3 is 0 Å². The van der Waals surface area contributed by atoms with Crippen molar-refractivity contribution in [2.75, 3.05) is 6.54 Å². The molecule has 1 nitrogen and oxygen atoms in total. The fourth-order valence-electron chi connectivity index (χ4n) is 1.25. The summed E-state index contributed by atoms with van der Waals surface area (Å²) in [7, 11) is 0. The molecule has 2 N–H and O–H groups in total. The van der Waals surface area contributed by atoms with Crippen LogP contribution >= 0.6 is 0 Å². The van der Waals surface area contributed by atoms with Gasteiger partial charge in [-0.25, -0.2) is 0 Å². The lowest BCUT2D eigenvalue weighted by Gasteiger charge is -2.00. The lowest BCUT2D eigenvalue weighted by Crippen LogP contribution is -1.97. The van der Waals surface area contributed by atoms with Crippen molar-refractivity contribution in [2.24, 2.45) is 5.73 Å². The average Bonchev–Trinajstić information content (AvgIpc) is 2.17. The molecule has 0 spiro atoms. The molecule has 0 aliphatic heterocycles. The number of allylic oxidation sites excluding steroid dienone is 5. The first-order chi connectivity index (χ1) is 6.72. The Labute approximate surface area is 88.4 Å². The zero-order valence-corrected chi connectivity index (χ0v) is 9.55. The summed E-state index contributed by atoms with van der Waals surface area (Å²) in [6, 6.07) is 0. The van der Waals surface area contributed by atoms with Gasteiger partial charge in [-0.1, -0.05) is 36.8 Å². The minimum Gasteiger partial charge on any atom is -0.330 e. The van der Waals surface area contributed by atoms with Gasteiger partial charge in [0.2, 0.25) is 0 Å². The van der Waals surface area contributed by atoms with Crippen LogP contribution in [0, 0.1) is 0 Å². The minimum atomic E-state index is 0.818. The molecule has 0 rings (SSSR count). The fourth-order valence-corrected chi connectivity index (χ4v) is 1.25. The fraction of sp³-hybridized carbons (Fsp3) is 0.538. The zero-order chi connectivity index (χ0) is 10.8. The topological polar surface area (TPSA) is 26.0 Å². The average molecular weight is 193 g/mol. The van der Waals surface area contributed by atoms with Gasteiger partial charge in [-0.2, -0.15) is 0 Å². The zero-order valence-electron chi connectivity index (χ0n) is 9.55. The SMILES string of the molecule is C=C/C=C(C)\C(C)=C/CCCCCN. The summed E-state index contributed by atoms with van der Waals surface area (Å²) >= 11 is 0. The van der Waals surface area contributed by atoms with E-state index in [1.54, 1.807) is 0 Å². The molecule has 0 aromatic carbocycles. The normalized spacial score (nSPS) is 13.1. The Balaban J connectivity index is 3.76. The molecule has 0 aliphatic carbocycles. The molecule has 0 aromatic rings. The van der Waals surface area contributed by atoms with E-state index < -0.39 is 0 Å². The molecule has 0 amide bonds. The Morgan fingerprint density at radius 3 is 2.43 bits per heavy atom. The summed E-state index contributed by atoms with van der Waals surface area (Å²) in [6.07, 6.45) is 11.0. The lowest BCUT2D eigenvalue weighted by molar-refractivity contribution is 0.694. The predicted octanol–water partition coefficient (Wildman–Crippen LogP) is 3.58. The summed E-state index contributed by atoms with van der Waals surface area (Å²) in [4.78, 5) is 0. The number of rotatable bonds is 7. The number of unbranched alkanes of at least 4 members (excludes halogenated alkanes) is 3. The van der Waals surface area contributed by atoms with Crippen LogP contribution in [0.15, 0.2) is 36.0 Å². The third-order valence-corrected chi connectivity index (χ3v) is 2.35. The van der Waals surface area contributed by atoms with Gasteiger partial charge in [0.15, 0.2) is 0 Å². The van der Waals surface area contributed by atoms with Gasteiger partial charge in [0, 0.05) is 0 Å². The first-order valence-corrected chi connectivity index (χ1v) is 5.39. The molecular weight excluding hydrogens is 170 g/mol. The first kappa shape index (κ1) is 13.2. The minimum absolute atomic E-state index is 0.818. The number of nitrogens with two attached hydrogens (primary N) is 1. The van der Waals surface area contributed by atoms with E-state index in [4.69, 9.17) is 5.73 Å². The molecule has 0 heterocycles. The predicted molar refractivity (Wildman–Crippen MR) is 65.2 cm³/mol. The monoisotopic (exact) mass is 193 g/mol. The Morgan fingerprint density at radius 1 is 1.14 bits per heavy atom. The molecule has 0 saturated carbocycles. The molecule has 1 heteroatoms. The highest BCUT2D eigenvalue weighted by atomic mass is 14.5. The quantitative estimate of drug-likeness (QED) is 0.485. The van der Waals surface area contributed by atoms with Crippen molar-refractivity contribution < 1.29 is 0 Å². The van der Waals surface area contributed by atoms with Gasteiger partial charge < -0.3 is 5.73 Å². The molecule has 0 saturated heterocycles. The molecule has 0 radical (unpaired) electrons. The second-order valence-corrected chi connectivity index (χ2v) is 3.61. The van der Waals surface area contributed by atoms with Crippen molar-refractivity contribution in [1.82, 2.24) is 0 Å². The first-order valence-electron chi connectivity index (χ1n) is 5.39. The van der Waals surface area contributed by atoms with Crippen LogP contribution < -0.4 is 5.73 Å². The van der Waals surface area contributed by atoms with Gasteiger partial charge in [-0.05, 0) is 45.2 Å². The molecular formula is C13H23N. The largest absolute Gasteiger partial charge is 0.330 e. The summed E-state index contributed by atoms with van der Waals surface area (Å²) in [6.45, 7) is 8.77. The molecule has 0 bridgehead atoms. The van der Waals surface area contributed by atoms with Crippen LogP contribution in [0.3, 0.4) is 0 Å². The van der Waals surface area contributed by atoms with Crippen molar-refractivity contribution in [2.45, 2.75) is 39.5 Å². The van der Waals surface area contributed by atoms with Crippen LogP contribution in [0.5, 0.6) is 0 Å². The van der Waals surface area contributed by atoms with Crippen LogP contribution in [0.4, 0.5) is 0 Å². The summed E-state index contributed by atoms with van der Waals surface area (Å²) in [5.41, 5.74) is 8.09. The van der Waals surface area contributed by atoms with Crippen molar-refractivity contribution in [1.29, 1.82) is 0 Å². The number of hydrogen-bond donors (Lipinski definition) is 1. The van der Waals surface area contributed by atoms with Crippen LogP contribution in [-0.4, -0.2) is 6.54 Å². The van der Waals surface area contributed by atoms with E-state index in [0.29, 0.717) is 0 Å². The van der Waals surface area contributed by atoms with Crippen molar-refractivity contribution >= 4 is 0 Å². The van der Waals surface area contributed by atoms with Gasteiger partial charge in [-0.3, -0.25) is 0 Å². The summed E-state index contributed by atoms with van der Waals surface area (Å²) in [5.74, 6) is 0. The second kappa shape index (κ2) is 8.76. The maximum absolute atomic E-state index is 5.42. The molecule has 0 fully saturated rings. The Hall–Kier alpha value is -0.820. The van der Waals surface area contributed by atoms with E-state index in [2.05, 4.69) is 26.5 Å². The summed E-state index contributed by atoms with van der Waals surface area (Å²) < 4.78 is 0. The maximum atomic E-state index is 5.42. The van der Waals surface area contributed by atoms with E-state index in [0.717, 1.165) is 19.4 Å². The molecule has 0 unspecified atom stereocenters. The van der Waals surface area contributed by atoms with Crippen LogP contribution in [0.2, 0.25) is 0 Å². The molecule has 14 heavy (non-hydrogen) atoms. The van der Waals surface area contributed by atoms with Crippen LogP contribution in [0.1, 0.15) is 39.5 Å². The van der Waals surface area contributed by atoms with E-state index >= 15 is 0 Å². The number of hydrogen-bond acceptors (Lipinski definition) is 1. The highest BCUT2D eigenvalue weighted by Gasteiger charge is 1.91. The van der Waals surface area contributed by atoms with E-state index in [1.807, 2.05) is 12.2 Å². The third kappa shape index (κ3) is 6.67. The van der Waals surface area contributed by atoms with Crippen molar-refractivity contribution in [3.63, 3.8) is 0 Å². The Bertz CT molecular complexity index is 211. The van der Waals surface area contributed by atoms with Crippen LogP contribution in [0.25, 0.3) is 0 Å². The van der Waals surface area contributed by atoms with Gasteiger partial charge in [0.05, 0.1) is 0 Å². The van der Waals surface area contributed by atoms with Gasteiger partial charge in [-0.15, -0.1) is 0 Å². The third-order valence-electron chi connectivity index (χ3n) is 2.35. The molecule has 80 valence electrons. The molecule has 0 aromatic heterocycles. The Kier molecular flexibility index (Phi) is 8.25. The highest BCUT2D eigenvalue weighted by molar-refractivity contribution is 5.29. The molecule has 0 atom stereocenters. The van der Waals surface area contributed by atoms with E-state index in [9.17, 15) is 0 Å². The lowest BCUT2D eigenvalue weighted by atomic mass is 10.1. The van der Waals surface area contributed by atoms with Gasteiger partial charge in [0.25, 0.3) is 0 Å².